The molecule has 0 saturated carbocycles. The molecule has 1 atom stereocenters. The number of hydrogen-bond acceptors (Lipinski definition) is 3. The Morgan fingerprint density at radius 2 is 2.33 bits per heavy atom. The molecule has 1 fully saturated rings. The molecule has 0 aromatic rings. The molecule has 1 aliphatic heterocycles. The largest absolute Gasteiger partial charge is 0.309 e. The van der Waals surface area contributed by atoms with Crippen molar-refractivity contribution >= 4 is 17.5 Å². The van der Waals surface area contributed by atoms with E-state index in [0.29, 0.717) is 11.0 Å². The van der Waals surface area contributed by atoms with E-state index in [1.165, 1.54) is 12.2 Å². The zero-order valence-electron chi connectivity index (χ0n) is 7.88. The Morgan fingerprint density at radius 1 is 1.58 bits per heavy atom. The molecule has 0 aromatic heterocycles. The van der Waals surface area contributed by atoms with Gasteiger partial charge in [0.1, 0.15) is 5.78 Å². The van der Waals surface area contributed by atoms with Crippen LogP contribution in [0.25, 0.3) is 0 Å². The van der Waals surface area contributed by atoms with Gasteiger partial charge in [-0.05, 0) is 32.7 Å². The second-order valence-electron chi connectivity index (χ2n) is 3.52. The van der Waals surface area contributed by atoms with Crippen molar-refractivity contribution in [3.05, 3.63) is 0 Å². The summed E-state index contributed by atoms with van der Waals surface area (Å²) < 4.78 is 0. The van der Waals surface area contributed by atoms with Crippen molar-refractivity contribution in [3.8, 4) is 0 Å². The monoisotopic (exact) mass is 187 g/mol. The van der Waals surface area contributed by atoms with Crippen molar-refractivity contribution in [2.45, 2.75) is 24.5 Å². The topological polar surface area (TPSA) is 20.3 Å². The van der Waals surface area contributed by atoms with E-state index in [2.05, 4.69) is 4.90 Å². The molecule has 1 heterocycles. The molecule has 0 aromatic carbocycles. The van der Waals surface area contributed by atoms with Gasteiger partial charge < -0.3 is 4.90 Å². The van der Waals surface area contributed by atoms with Crippen molar-refractivity contribution in [1.82, 2.24) is 4.90 Å². The second kappa shape index (κ2) is 4.87. The second-order valence-corrected chi connectivity index (χ2v) is 4.83. The predicted molar refractivity (Wildman–Crippen MR) is 53.7 cm³/mol. The van der Waals surface area contributed by atoms with Crippen LogP contribution in [0.2, 0.25) is 0 Å². The van der Waals surface area contributed by atoms with E-state index in [9.17, 15) is 4.79 Å². The summed E-state index contributed by atoms with van der Waals surface area (Å²) in [6.07, 6.45) is 3.06. The molecule has 70 valence electrons. The summed E-state index contributed by atoms with van der Waals surface area (Å²) >= 11 is 1.83. The van der Waals surface area contributed by atoms with Crippen molar-refractivity contribution in [2.24, 2.45) is 0 Å². The van der Waals surface area contributed by atoms with Gasteiger partial charge in [-0.15, -0.1) is 0 Å². The Kier molecular flexibility index (Phi) is 4.09. The standard InChI is InChI=1S/C9H17NOS/c1-10(2)6-5-8(11)9-4-3-7-12-9/h9H,3-7H2,1-2H3/t9-/m0/s1. The fourth-order valence-electron chi connectivity index (χ4n) is 1.33. The number of Topliss-reactive ketones (excluding diaryl/α,β-unsaturated/α-hetero) is 1. The SMILES string of the molecule is CN(C)CCC(=O)[C@@H]1CCCS1. The predicted octanol–water partition coefficient (Wildman–Crippen LogP) is 1.40. The zero-order valence-corrected chi connectivity index (χ0v) is 8.69. The first-order valence-electron chi connectivity index (χ1n) is 4.49. The summed E-state index contributed by atoms with van der Waals surface area (Å²) in [6.45, 7) is 0.899. The lowest BCUT2D eigenvalue weighted by atomic mass is 10.1. The number of nitrogens with zero attached hydrogens (tertiary/aromatic N) is 1. The molecular weight excluding hydrogens is 170 g/mol. The van der Waals surface area contributed by atoms with Gasteiger partial charge in [-0.25, -0.2) is 0 Å². The van der Waals surface area contributed by atoms with Crippen molar-refractivity contribution in [1.29, 1.82) is 0 Å². The van der Waals surface area contributed by atoms with E-state index in [1.807, 2.05) is 25.9 Å². The van der Waals surface area contributed by atoms with Gasteiger partial charge in [0.25, 0.3) is 0 Å². The first-order valence-corrected chi connectivity index (χ1v) is 5.54. The lowest BCUT2D eigenvalue weighted by Crippen LogP contribution is -2.21. The number of ketones is 1. The molecule has 12 heavy (non-hydrogen) atoms. The van der Waals surface area contributed by atoms with Gasteiger partial charge >= 0.3 is 0 Å². The Hall–Kier alpha value is -0.0200. The maximum absolute atomic E-state index is 11.5. The molecule has 1 rings (SSSR count). The van der Waals surface area contributed by atoms with Crippen LogP contribution in [0.1, 0.15) is 19.3 Å². The molecule has 0 bridgehead atoms. The molecule has 0 aliphatic carbocycles. The van der Waals surface area contributed by atoms with Gasteiger partial charge in [0.2, 0.25) is 0 Å². The van der Waals surface area contributed by atoms with Crippen LogP contribution in [0.3, 0.4) is 0 Å². The van der Waals surface area contributed by atoms with Gasteiger partial charge in [-0.2, -0.15) is 11.8 Å². The van der Waals surface area contributed by atoms with E-state index in [-0.39, 0.29) is 0 Å². The van der Waals surface area contributed by atoms with Gasteiger partial charge in [-0.3, -0.25) is 4.79 Å². The van der Waals surface area contributed by atoms with Crippen LogP contribution < -0.4 is 0 Å². The average molecular weight is 187 g/mol. The lowest BCUT2D eigenvalue weighted by molar-refractivity contribution is -0.118. The van der Waals surface area contributed by atoms with E-state index in [4.69, 9.17) is 0 Å². The summed E-state index contributed by atoms with van der Waals surface area (Å²) in [4.78, 5) is 13.6. The highest BCUT2D eigenvalue weighted by Gasteiger charge is 2.22. The Labute approximate surface area is 78.7 Å². The molecule has 0 N–H and O–H groups in total. The van der Waals surface area contributed by atoms with Gasteiger partial charge in [-0.1, -0.05) is 0 Å². The van der Waals surface area contributed by atoms with E-state index in [0.717, 1.165) is 19.4 Å². The Bertz CT molecular complexity index is 153. The first-order chi connectivity index (χ1) is 5.70. The van der Waals surface area contributed by atoms with Crippen LogP contribution in [0.5, 0.6) is 0 Å². The smallest absolute Gasteiger partial charge is 0.147 e. The fourth-order valence-corrected chi connectivity index (χ4v) is 2.58. The van der Waals surface area contributed by atoms with Gasteiger partial charge in [0, 0.05) is 13.0 Å². The maximum Gasteiger partial charge on any atom is 0.147 e. The highest BCUT2D eigenvalue weighted by atomic mass is 32.2. The zero-order chi connectivity index (χ0) is 8.97. The minimum atomic E-state index is 0.324. The van der Waals surface area contributed by atoms with Gasteiger partial charge in [0.05, 0.1) is 5.25 Å². The molecular formula is C9H17NOS. The first kappa shape index (κ1) is 10.1. The highest BCUT2D eigenvalue weighted by molar-refractivity contribution is 8.00. The molecule has 0 unspecified atom stereocenters. The number of carbonyl (C=O) groups is 1. The van der Waals surface area contributed by atoms with Crippen LogP contribution in [0, 0.1) is 0 Å². The normalized spacial score (nSPS) is 23.4. The molecule has 1 saturated heterocycles. The Balaban J connectivity index is 2.18. The van der Waals surface area contributed by atoms with E-state index < -0.39 is 0 Å². The quantitative estimate of drug-likeness (QED) is 0.663. The van der Waals surface area contributed by atoms with Crippen LogP contribution in [-0.4, -0.2) is 42.3 Å². The van der Waals surface area contributed by atoms with Crippen LogP contribution in [0.15, 0.2) is 0 Å². The molecule has 3 heteroatoms. The number of hydrogen-bond donors (Lipinski definition) is 0. The van der Waals surface area contributed by atoms with Crippen molar-refractivity contribution in [2.75, 3.05) is 26.4 Å². The molecule has 2 nitrogen and oxygen atoms in total. The fraction of sp³-hybridized carbons (Fsp3) is 0.889. The third-order valence-electron chi connectivity index (χ3n) is 2.09. The highest BCUT2D eigenvalue weighted by Crippen LogP contribution is 2.27. The number of rotatable bonds is 4. The molecule has 0 amide bonds. The minimum Gasteiger partial charge on any atom is -0.309 e. The summed E-state index contributed by atoms with van der Waals surface area (Å²) in [5, 5.41) is 0.324. The summed E-state index contributed by atoms with van der Waals surface area (Å²) in [6, 6.07) is 0. The van der Waals surface area contributed by atoms with Gasteiger partial charge in [0.15, 0.2) is 0 Å². The third-order valence-corrected chi connectivity index (χ3v) is 3.52. The minimum absolute atomic E-state index is 0.324. The lowest BCUT2D eigenvalue weighted by Gasteiger charge is -2.11. The molecule has 0 radical (unpaired) electrons. The number of thioether (sulfide) groups is 1. The van der Waals surface area contributed by atoms with Crippen molar-refractivity contribution in [3.63, 3.8) is 0 Å². The average Bonchev–Trinajstić information content (AvgIpc) is 2.51. The van der Waals surface area contributed by atoms with Crippen LogP contribution in [-0.2, 0) is 4.79 Å². The third kappa shape index (κ3) is 3.15. The summed E-state index contributed by atoms with van der Waals surface area (Å²) in [5.41, 5.74) is 0. The summed E-state index contributed by atoms with van der Waals surface area (Å²) in [5.74, 6) is 1.63. The molecule has 1 aliphatic rings. The van der Waals surface area contributed by atoms with E-state index >= 15 is 0 Å². The maximum atomic E-state index is 11.5. The van der Waals surface area contributed by atoms with Crippen LogP contribution >= 0.6 is 11.8 Å². The summed E-state index contributed by atoms with van der Waals surface area (Å²) in [7, 11) is 4.02. The number of carbonyl (C=O) groups excluding carboxylic acids is 1. The molecule has 0 spiro atoms. The van der Waals surface area contributed by atoms with Crippen molar-refractivity contribution < 1.29 is 4.79 Å². The van der Waals surface area contributed by atoms with E-state index in [1.54, 1.807) is 0 Å². The Morgan fingerprint density at radius 3 is 2.83 bits per heavy atom. The van der Waals surface area contributed by atoms with Crippen LogP contribution in [0.4, 0.5) is 0 Å².